The molecule has 0 heterocycles. The molecule has 0 saturated heterocycles. The molecule has 0 aliphatic carbocycles. The topological polar surface area (TPSA) is 69.6 Å². The number of halogens is 2. The molecule has 1 rings (SSSR count). The quantitative estimate of drug-likeness (QED) is 0.781. The van der Waals surface area contributed by atoms with E-state index in [0.29, 0.717) is 5.56 Å². The van der Waals surface area contributed by atoms with Crippen molar-refractivity contribution in [2.24, 2.45) is 0 Å². The van der Waals surface area contributed by atoms with Gasteiger partial charge in [-0.15, -0.1) is 0 Å². The van der Waals surface area contributed by atoms with Crippen LogP contribution in [0.1, 0.15) is 18.6 Å². The second-order valence-corrected chi connectivity index (χ2v) is 4.48. The van der Waals surface area contributed by atoms with Gasteiger partial charge in [-0.05, 0) is 33.6 Å². The van der Waals surface area contributed by atoms with E-state index in [1.165, 1.54) is 25.1 Å². The molecule has 2 unspecified atom stereocenters. The van der Waals surface area contributed by atoms with Gasteiger partial charge in [0, 0.05) is 13.5 Å². The molecule has 0 saturated carbocycles. The summed E-state index contributed by atoms with van der Waals surface area (Å²) in [5.41, 5.74) is 0.371. The van der Waals surface area contributed by atoms with E-state index in [-0.39, 0.29) is 16.9 Å². The zero-order valence-electron chi connectivity index (χ0n) is 9.15. The van der Waals surface area contributed by atoms with Gasteiger partial charge in [-0.1, -0.05) is 6.07 Å². The summed E-state index contributed by atoms with van der Waals surface area (Å²) >= 11 is 2.99. The molecule has 0 bridgehead atoms. The lowest BCUT2D eigenvalue weighted by atomic mass is 10.0. The fraction of sp³-hybridized carbons (Fsp3) is 0.364. The Kier molecular flexibility index (Phi) is 5.04. The van der Waals surface area contributed by atoms with E-state index in [4.69, 9.17) is 0 Å². The number of rotatable bonds is 4. The van der Waals surface area contributed by atoms with Crippen LogP contribution in [0, 0.1) is 5.82 Å². The Morgan fingerprint density at radius 3 is 2.71 bits per heavy atom. The first-order valence-electron chi connectivity index (χ1n) is 4.97. The number of carbonyl (C=O) groups is 1. The predicted molar refractivity (Wildman–Crippen MR) is 63.8 cm³/mol. The third kappa shape index (κ3) is 4.07. The lowest BCUT2D eigenvalue weighted by molar-refractivity contribution is -0.119. The molecule has 4 nitrogen and oxygen atoms in total. The third-order valence-electron chi connectivity index (χ3n) is 2.21. The van der Waals surface area contributed by atoms with Gasteiger partial charge < -0.3 is 15.5 Å². The molecule has 94 valence electrons. The first-order chi connectivity index (χ1) is 7.91. The van der Waals surface area contributed by atoms with Crippen LogP contribution in [0.4, 0.5) is 4.39 Å². The summed E-state index contributed by atoms with van der Waals surface area (Å²) in [6.07, 6.45) is -2.32. The summed E-state index contributed by atoms with van der Waals surface area (Å²) in [5.74, 6) is -0.742. The normalized spacial score (nSPS) is 14.2. The van der Waals surface area contributed by atoms with Gasteiger partial charge in [0.2, 0.25) is 5.91 Å². The molecule has 0 aromatic heterocycles. The fourth-order valence-corrected chi connectivity index (χ4v) is 1.67. The van der Waals surface area contributed by atoms with Gasteiger partial charge in [-0.25, -0.2) is 4.39 Å². The van der Waals surface area contributed by atoms with Gasteiger partial charge in [0.05, 0.1) is 4.47 Å². The monoisotopic (exact) mass is 305 g/mol. The Labute approximate surface area is 107 Å². The first-order valence-corrected chi connectivity index (χ1v) is 5.76. The molecule has 0 spiro atoms. The number of hydrogen-bond acceptors (Lipinski definition) is 3. The average molecular weight is 306 g/mol. The lowest BCUT2D eigenvalue weighted by Crippen LogP contribution is -2.34. The number of benzene rings is 1. The molecule has 1 aromatic rings. The van der Waals surface area contributed by atoms with E-state index < -0.39 is 18.0 Å². The van der Waals surface area contributed by atoms with Gasteiger partial charge in [0.25, 0.3) is 0 Å². The van der Waals surface area contributed by atoms with Crippen molar-refractivity contribution in [3.63, 3.8) is 0 Å². The number of aliphatic hydroxyl groups is 2. The molecular formula is C11H13BrFNO3. The fourth-order valence-electron chi connectivity index (χ4n) is 1.28. The van der Waals surface area contributed by atoms with E-state index >= 15 is 0 Å². The van der Waals surface area contributed by atoms with Gasteiger partial charge in [-0.3, -0.25) is 4.79 Å². The van der Waals surface area contributed by atoms with Crippen LogP contribution in [0.5, 0.6) is 0 Å². The number of aliphatic hydroxyl groups excluding tert-OH is 2. The highest BCUT2D eigenvalue weighted by molar-refractivity contribution is 9.10. The van der Waals surface area contributed by atoms with E-state index in [0.717, 1.165) is 0 Å². The predicted octanol–water partition coefficient (Wildman–Crippen LogP) is 1.12. The van der Waals surface area contributed by atoms with Crippen molar-refractivity contribution in [2.45, 2.75) is 19.1 Å². The molecule has 2 atom stereocenters. The minimum Gasteiger partial charge on any atom is -0.388 e. The average Bonchev–Trinajstić information content (AvgIpc) is 2.28. The largest absolute Gasteiger partial charge is 0.388 e. The number of amides is 1. The summed E-state index contributed by atoms with van der Waals surface area (Å²) in [4.78, 5) is 10.6. The maximum atomic E-state index is 13.0. The standard InChI is InChI=1S/C11H13BrFNO3/c1-6(15)14-5-10(16)11(17)7-2-3-9(13)8(12)4-7/h2-4,10-11,16-17H,5H2,1H3,(H,14,15). The van der Waals surface area contributed by atoms with Gasteiger partial charge in [0.15, 0.2) is 0 Å². The molecule has 6 heteroatoms. The van der Waals surface area contributed by atoms with Crippen molar-refractivity contribution in [3.8, 4) is 0 Å². The van der Waals surface area contributed by atoms with E-state index in [1.54, 1.807) is 0 Å². The van der Waals surface area contributed by atoms with Crippen molar-refractivity contribution in [3.05, 3.63) is 34.1 Å². The molecule has 1 amide bonds. The third-order valence-corrected chi connectivity index (χ3v) is 2.82. The SMILES string of the molecule is CC(=O)NCC(O)C(O)c1ccc(F)c(Br)c1. The molecular weight excluding hydrogens is 293 g/mol. The van der Waals surface area contributed by atoms with Crippen LogP contribution in [0.25, 0.3) is 0 Å². The molecule has 0 radical (unpaired) electrons. The number of carbonyl (C=O) groups excluding carboxylic acids is 1. The lowest BCUT2D eigenvalue weighted by Gasteiger charge is -2.18. The zero-order chi connectivity index (χ0) is 13.0. The summed E-state index contributed by atoms with van der Waals surface area (Å²) in [6, 6.07) is 3.95. The van der Waals surface area contributed by atoms with Crippen molar-refractivity contribution in [1.29, 1.82) is 0 Å². The highest BCUT2D eigenvalue weighted by atomic mass is 79.9. The smallest absolute Gasteiger partial charge is 0.216 e. The molecule has 17 heavy (non-hydrogen) atoms. The second kappa shape index (κ2) is 6.09. The summed E-state index contributed by atoms with van der Waals surface area (Å²) in [7, 11) is 0. The van der Waals surface area contributed by atoms with Crippen molar-refractivity contribution in [1.82, 2.24) is 5.32 Å². The Morgan fingerprint density at radius 2 is 2.18 bits per heavy atom. The maximum absolute atomic E-state index is 13.0. The van der Waals surface area contributed by atoms with Crippen LogP contribution in [0.15, 0.2) is 22.7 Å². The van der Waals surface area contributed by atoms with Crippen LogP contribution in [-0.2, 0) is 4.79 Å². The minimum absolute atomic E-state index is 0.0640. The first kappa shape index (κ1) is 14.1. The Bertz CT molecular complexity index is 414. The van der Waals surface area contributed by atoms with Crippen LogP contribution in [-0.4, -0.2) is 28.8 Å². The molecule has 1 aromatic carbocycles. The zero-order valence-corrected chi connectivity index (χ0v) is 10.7. The van der Waals surface area contributed by atoms with E-state index in [1.807, 2.05) is 0 Å². The van der Waals surface area contributed by atoms with Gasteiger partial charge in [-0.2, -0.15) is 0 Å². The summed E-state index contributed by atoms with van der Waals surface area (Å²) in [6.45, 7) is 1.25. The Hall–Kier alpha value is -0.980. The summed E-state index contributed by atoms with van der Waals surface area (Å²) in [5, 5.41) is 21.8. The second-order valence-electron chi connectivity index (χ2n) is 3.62. The van der Waals surface area contributed by atoms with Crippen LogP contribution in [0.3, 0.4) is 0 Å². The van der Waals surface area contributed by atoms with E-state index in [9.17, 15) is 19.4 Å². The van der Waals surface area contributed by atoms with Gasteiger partial charge >= 0.3 is 0 Å². The van der Waals surface area contributed by atoms with Crippen molar-refractivity contribution >= 4 is 21.8 Å². The van der Waals surface area contributed by atoms with E-state index in [2.05, 4.69) is 21.2 Å². The molecule has 3 N–H and O–H groups in total. The van der Waals surface area contributed by atoms with Crippen LogP contribution >= 0.6 is 15.9 Å². The number of hydrogen-bond donors (Lipinski definition) is 3. The molecule has 0 fully saturated rings. The van der Waals surface area contributed by atoms with Crippen molar-refractivity contribution in [2.75, 3.05) is 6.54 Å². The Morgan fingerprint density at radius 1 is 1.53 bits per heavy atom. The summed E-state index contributed by atoms with van der Waals surface area (Å²) < 4.78 is 13.2. The van der Waals surface area contributed by atoms with Crippen molar-refractivity contribution < 1.29 is 19.4 Å². The highest BCUT2D eigenvalue weighted by Gasteiger charge is 2.19. The van der Waals surface area contributed by atoms with Gasteiger partial charge in [0.1, 0.15) is 18.0 Å². The molecule has 0 aliphatic heterocycles. The Balaban J connectivity index is 2.70. The number of nitrogens with one attached hydrogen (secondary N) is 1. The highest BCUT2D eigenvalue weighted by Crippen LogP contribution is 2.23. The molecule has 0 aliphatic rings. The van der Waals surface area contributed by atoms with Crippen LogP contribution in [0.2, 0.25) is 0 Å². The maximum Gasteiger partial charge on any atom is 0.216 e. The van der Waals surface area contributed by atoms with Crippen LogP contribution < -0.4 is 5.32 Å². The minimum atomic E-state index is -1.18.